The molecule has 2 amide bonds. The normalized spacial score (nSPS) is 19.7. The van der Waals surface area contributed by atoms with Gasteiger partial charge in [0.25, 0.3) is 11.8 Å². The maximum atomic E-state index is 14.0. The first kappa shape index (κ1) is 20.8. The highest BCUT2D eigenvalue weighted by Crippen LogP contribution is 2.55. The summed E-state index contributed by atoms with van der Waals surface area (Å²) in [6.07, 6.45) is 0. The monoisotopic (exact) mass is 446 g/mol. The highest BCUT2D eigenvalue weighted by Gasteiger charge is 2.59. The molecule has 2 aliphatic rings. The van der Waals surface area contributed by atoms with Crippen LogP contribution in [0.3, 0.4) is 0 Å². The third-order valence-corrected chi connectivity index (χ3v) is 7.57. The molecule has 32 heavy (non-hydrogen) atoms. The van der Waals surface area contributed by atoms with E-state index in [1.165, 1.54) is 36.0 Å². The molecular formula is C26H23FN2O2S. The summed E-state index contributed by atoms with van der Waals surface area (Å²) in [5.41, 5.74) is 5.31. The Balaban J connectivity index is 1.58. The molecular weight excluding hydrogens is 423 g/mol. The number of amides is 2. The summed E-state index contributed by atoms with van der Waals surface area (Å²) in [6.45, 7) is 4.92. The van der Waals surface area contributed by atoms with Gasteiger partial charge in [0.05, 0.1) is 12.2 Å². The van der Waals surface area contributed by atoms with Gasteiger partial charge in [0.1, 0.15) is 5.82 Å². The number of hydrogen-bond acceptors (Lipinski definition) is 3. The lowest BCUT2D eigenvalue weighted by Gasteiger charge is -2.33. The van der Waals surface area contributed by atoms with Crippen molar-refractivity contribution in [3.8, 4) is 0 Å². The van der Waals surface area contributed by atoms with Gasteiger partial charge in [0.15, 0.2) is 4.87 Å². The van der Waals surface area contributed by atoms with E-state index in [-0.39, 0.29) is 11.8 Å². The molecule has 2 aliphatic heterocycles. The number of thioether (sulfide) groups is 1. The van der Waals surface area contributed by atoms with Gasteiger partial charge in [-0.15, -0.1) is 11.8 Å². The molecule has 0 bridgehead atoms. The number of hydrogen-bond donors (Lipinski definition) is 0. The van der Waals surface area contributed by atoms with Crippen molar-refractivity contribution in [1.29, 1.82) is 0 Å². The number of nitrogens with zero attached hydrogens (tertiary/aromatic N) is 2. The van der Waals surface area contributed by atoms with E-state index in [0.29, 0.717) is 24.4 Å². The highest BCUT2D eigenvalue weighted by atomic mass is 32.2. The SMILES string of the molecule is Cc1ccc(CN2C(=O)[C@]3(SCCN3C(=O)c3ccc(F)cc3)c3cc(C)ccc32)cc1. The van der Waals surface area contributed by atoms with Crippen LogP contribution >= 0.6 is 11.8 Å². The van der Waals surface area contributed by atoms with E-state index >= 15 is 0 Å². The van der Waals surface area contributed by atoms with Crippen molar-refractivity contribution in [3.05, 3.63) is 100 Å². The maximum Gasteiger partial charge on any atom is 0.268 e. The Morgan fingerprint density at radius 3 is 2.41 bits per heavy atom. The average Bonchev–Trinajstić information content (AvgIpc) is 3.32. The van der Waals surface area contributed by atoms with Crippen molar-refractivity contribution in [2.45, 2.75) is 25.3 Å². The first-order valence-corrected chi connectivity index (χ1v) is 11.6. The second kappa shape index (κ2) is 7.78. The Hall–Kier alpha value is -3.12. The summed E-state index contributed by atoms with van der Waals surface area (Å²) < 4.78 is 13.4. The minimum atomic E-state index is -1.10. The third-order valence-electron chi connectivity index (χ3n) is 6.15. The fourth-order valence-electron chi connectivity index (χ4n) is 4.51. The fourth-order valence-corrected chi connectivity index (χ4v) is 5.96. The zero-order valence-electron chi connectivity index (χ0n) is 18.0. The van der Waals surface area contributed by atoms with Gasteiger partial charge in [0, 0.05) is 23.4 Å². The number of rotatable bonds is 3. The van der Waals surface area contributed by atoms with Crippen LogP contribution in [0, 0.1) is 19.7 Å². The molecule has 0 saturated carbocycles. The van der Waals surface area contributed by atoms with E-state index in [2.05, 4.69) is 0 Å². The molecule has 5 rings (SSSR count). The summed E-state index contributed by atoms with van der Waals surface area (Å²) >= 11 is 1.50. The molecule has 0 N–H and O–H groups in total. The molecule has 4 nitrogen and oxygen atoms in total. The van der Waals surface area contributed by atoms with E-state index in [1.807, 2.05) is 56.3 Å². The van der Waals surface area contributed by atoms with E-state index in [9.17, 15) is 14.0 Å². The molecule has 0 aromatic heterocycles. The first-order chi connectivity index (χ1) is 15.4. The Bertz CT molecular complexity index is 1210. The molecule has 1 saturated heterocycles. The third kappa shape index (κ3) is 3.21. The summed E-state index contributed by atoms with van der Waals surface area (Å²) in [7, 11) is 0. The standard InChI is InChI=1S/C26H23FN2O2S/c1-17-3-6-19(7-4-17)16-28-23-12-5-18(2)15-22(23)26(25(28)31)29(13-14-32-26)24(30)20-8-10-21(27)11-9-20/h3-12,15H,13-14,16H2,1-2H3/t26-/m1/s1. The maximum absolute atomic E-state index is 14.0. The van der Waals surface area contributed by atoms with Crippen LogP contribution in [0.4, 0.5) is 10.1 Å². The van der Waals surface area contributed by atoms with Gasteiger partial charge in [-0.25, -0.2) is 4.39 Å². The Morgan fingerprint density at radius 2 is 1.69 bits per heavy atom. The van der Waals surface area contributed by atoms with Crippen LogP contribution in [0.25, 0.3) is 0 Å². The Morgan fingerprint density at radius 1 is 1.00 bits per heavy atom. The van der Waals surface area contributed by atoms with Gasteiger partial charge in [0.2, 0.25) is 0 Å². The number of benzene rings is 3. The first-order valence-electron chi connectivity index (χ1n) is 10.6. The molecule has 0 radical (unpaired) electrons. The van der Waals surface area contributed by atoms with Crippen LogP contribution in [0.2, 0.25) is 0 Å². The molecule has 2 heterocycles. The molecule has 1 atom stereocenters. The zero-order valence-corrected chi connectivity index (χ0v) is 18.8. The highest BCUT2D eigenvalue weighted by molar-refractivity contribution is 8.01. The minimum absolute atomic E-state index is 0.100. The molecule has 0 unspecified atom stereocenters. The summed E-state index contributed by atoms with van der Waals surface area (Å²) in [5, 5.41) is 0. The van der Waals surface area contributed by atoms with Crippen molar-refractivity contribution < 1.29 is 14.0 Å². The van der Waals surface area contributed by atoms with Crippen LogP contribution in [0.15, 0.2) is 66.7 Å². The molecule has 3 aromatic carbocycles. The number of carbonyl (C=O) groups is 2. The number of halogens is 1. The molecule has 3 aromatic rings. The average molecular weight is 447 g/mol. The summed E-state index contributed by atoms with van der Waals surface area (Å²) in [6, 6.07) is 19.7. The number of carbonyl (C=O) groups excluding carboxylic acids is 2. The predicted molar refractivity (Wildman–Crippen MR) is 125 cm³/mol. The van der Waals surface area contributed by atoms with Gasteiger partial charge >= 0.3 is 0 Å². The lowest BCUT2D eigenvalue weighted by molar-refractivity contribution is -0.123. The van der Waals surface area contributed by atoms with Crippen molar-refractivity contribution in [1.82, 2.24) is 4.90 Å². The number of aryl methyl sites for hydroxylation is 2. The topological polar surface area (TPSA) is 40.6 Å². The van der Waals surface area contributed by atoms with Crippen LogP contribution < -0.4 is 4.90 Å². The second-order valence-corrected chi connectivity index (χ2v) is 9.64. The zero-order chi connectivity index (χ0) is 22.5. The summed E-state index contributed by atoms with van der Waals surface area (Å²) in [4.78, 5) is 29.9. The smallest absolute Gasteiger partial charge is 0.268 e. The number of anilines is 1. The quantitative estimate of drug-likeness (QED) is 0.567. The summed E-state index contributed by atoms with van der Waals surface area (Å²) in [5.74, 6) is -0.0939. The van der Waals surface area contributed by atoms with Crippen LogP contribution in [0.1, 0.15) is 32.6 Å². The van der Waals surface area contributed by atoms with Gasteiger partial charge < -0.3 is 9.80 Å². The lowest BCUT2D eigenvalue weighted by Crippen LogP contribution is -2.50. The molecule has 162 valence electrons. The second-order valence-electron chi connectivity index (χ2n) is 8.35. The molecule has 1 spiro atoms. The van der Waals surface area contributed by atoms with Crippen molar-refractivity contribution in [3.63, 3.8) is 0 Å². The minimum Gasteiger partial charge on any atom is -0.311 e. The molecule has 6 heteroatoms. The van der Waals surface area contributed by atoms with Crippen molar-refractivity contribution in [2.24, 2.45) is 0 Å². The van der Waals surface area contributed by atoms with Gasteiger partial charge in [-0.05, 0) is 49.7 Å². The predicted octanol–water partition coefficient (Wildman–Crippen LogP) is 5.03. The largest absolute Gasteiger partial charge is 0.311 e. The van der Waals surface area contributed by atoms with E-state index < -0.39 is 10.7 Å². The Kier molecular flexibility index (Phi) is 5.05. The van der Waals surface area contributed by atoms with E-state index in [4.69, 9.17) is 0 Å². The fraction of sp³-hybridized carbons (Fsp3) is 0.231. The van der Waals surface area contributed by atoms with Crippen molar-refractivity contribution >= 4 is 29.3 Å². The molecule has 0 aliphatic carbocycles. The Labute approximate surface area is 191 Å². The molecule has 1 fully saturated rings. The van der Waals surface area contributed by atoms with Gasteiger partial charge in [-0.3, -0.25) is 9.59 Å². The van der Waals surface area contributed by atoms with Crippen LogP contribution in [-0.2, 0) is 16.2 Å². The van der Waals surface area contributed by atoms with E-state index in [0.717, 1.165) is 27.9 Å². The van der Waals surface area contributed by atoms with Crippen LogP contribution in [0.5, 0.6) is 0 Å². The van der Waals surface area contributed by atoms with Crippen molar-refractivity contribution in [2.75, 3.05) is 17.2 Å². The van der Waals surface area contributed by atoms with Gasteiger partial charge in [-0.1, -0.05) is 47.5 Å². The van der Waals surface area contributed by atoms with E-state index in [1.54, 1.807) is 9.80 Å². The van der Waals surface area contributed by atoms with Crippen LogP contribution in [-0.4, -0.2) is 29.0 Å². The lowest BCUT2D eigenvalue weighted by atomic mass is 10.0. The number of fused-ring (bicyclic) bond motifs is 2. The van der Waals surface area contributed by atoms with Gasteiger partial charge in [-0.2, -0.15) is 0 Å².